The summed E-state index contributed by atoms with van der Waals surface area (Å²) in [5.41, 5.74) is 4.62. The minimum atomic E-state index is 0.577. The summed E-state index contributed by atoms with van der Waals surface area (Å²) in [5.74, 6) is 0.925. The highest BCUT2D eigenvalue weighted by atomic mass is 16.5. The Kier molecular flexibility index (Phi) is 3.38. The molecule has 0 aliphatic heterocycles. The van der Waals surface area contributed by atoms with E-state index in [1.807, 2.05) is 18.3 Å². The summed E-state index contributed by atoms with van der Waals surface area (Å²) in [7, 11) is 0. The molecule has 20 heavy (non-hydrogen) atoms. The van der Waals surface area contributed by atoms with Gasteiger partial charge < -0.3 is 4.74 Å². The van der Waals surface area contributed by atoms with Crippen molar-refractivity contribution in [3.63, 3.8) is 0 Å². The lowest BCUT2D eigenvalue weighted by Crippen LogP contribution is -1.96. The number of rotatable bonds is 3. The van der Waals surface area contributed by atoms with E-state index in [4.69, 9.17) is 4.74 Å². The van der Waals surface area contributed by atoms with Crippen molar-refractivity contribution in [2.24, 2.45) is 0 Å². The van der Waals surface area contributed by atoms with Crippen LogP contribution in [0.3, 0.4) is 0 Å². The third-order valence-corrected chi connectivity index (χ3v) is 3.27. The summed E-state index contributed by atoms with van der Waals surface area (Å²) in [4.78, 5) is 4.32. The van der Waals surface area contributed by atoms with Gasteiger partial charge in [-0.2, -0.15) is 0 Å². The maximum Gasteiger partial charge on any atom is 0.120 e. The van der Waals surface area contributed by atoms with Gasteiger partial charge in [0.15, 0.2) is 0 Å². The number of ether oxygens (including phenoxy) is 1. The summed E-state index contributed by atoms with van der Waals surface area (Å²) in [5, 5.41) is 1.15. The van der Waals surface area contributed by atoms with E-state index in [9.17, 15) is 0 Å². The summed E-state index contributed by atoms with van der Waals surface area (Å²) < 4.78 is 5.88. The summed E-state index contributed by atoms with van der Waals surface area (Å²) >= 11 is 0. The van der Waals surface area contributed by atoms with Crippen molar-refractivity contribution in [2.45, 2.75) is 20.5 Å². The maximum atomic E-state index is 5.88. The van der Waals surface area contributed by atoms with Crippen LogP contribution < -0.4 is 4.74 Å². The fraction of sp³-hybridized carbons (Fsp3) is 0.167. The minimum Gasteiger partial charge on any atom is -0.489 e. The Morgan fingerprint density at radius 2 is 1.75 bits per heavy atom. The first-order valence-electron chi connectivity index (χ1n) is 6.75. The molecule has 1 aromatic heterocycles. The monoisotopic (exact) mass is 263 g/mol. The van der Waals surface area contributed by atoms with Gasteiger partial charge in [-0.25, -0.2) is 0 Å². The molecule has 3 aromatic rings. The van der Waals surface area contributed by atoms with Crippen molar-refractivity contribution in [2.75, 3.05) is 0 Å². The minimum absolute atomic E-state index is 0.577. The van der Waals surface area contributed by atoms with Gasteiger partial charge in [0.2, 0.25) is 0 Å². The Morgan fingerprint density at radius 1 is 0.950 bits per heavy atom. The van der Waals surface area contributed by atoms with Crippen molar-refractivity contribution in [1.82, 2.24) is 4.98 Å². The van der Waals surface area contributed by atoms with Crippen molar-refractivity contribution in [3.8, 4) is 5.75 Å². The van der Waals surface area contributed by atoms with Gasteiger partial charge in [-0.05, 0) is 60.9 Å². The van der Waals surface area contributed by atoms with E-state index < -0.39 is 0 Å². The van der Waals surface area contributed by atoms with Crippen LogP contribution in [0.15, 0.2) is 54.7 Å². The molecule has 2 nitrogen and oxygen atoms in total. The second kappa shape index (κ2) is 5.33. The van der Waals surface area contributed by atoms with Gasteiger partial charge in [-0.15, -0.1) is 0 Å². The van der Waals surface area contributed by atoms with Crippen molar-refractivity contribution >= 4 is 10.9 Å². The lowest BCUT2D eigenvalue weighted by Gasteiger charge is -2.09. The Morgan fingerprint density at radius 3 is 2.55 bits per heavy atom. The third-order valence-electron chi connectivity index (χ3n) is 3.27. The molecule has 0 bridgehead atoms. The maximum absolute atomic E-state index is 5.88. The molecule has 0 spiro atoms. The normalized spacial score (nSPS) is 10.7. The largest absolute Gasteiger partial charge is 0.489 e. The van der Waals surface area contributed by atoms with Gasteiger partial charge >= 0.3 is 0 Å². The first kappa shape index (κ1) is 12.7. The predicted octanol–water partition coefficient (Wildman–Crippen LogP) is 4.43. The number of benzene rings is 2. The molecule has 0 atom stereocenters. The first-order chi connectivity index (χ1) is 9.70. The Labute approximate surface area is 119 Å². The first-order valence-corrected chi connectivity index (χ1v) is 6.75. The number of aryl methyl sites for hydroxylation is 2. The molecule has 2 aromatic carbocycles. The molecule has 0 aliphatic carbocycles. The third kappa shape index (κ3) is 2.80. The average molecular weight is 263 g/mol. The standard InChI is InChI=1S/C18H17NO/c1-13-8-14(2)10-17(9-13)20-12-15-5-6-18-16(11-15)4-3-7-19-18/h3-11H,12H2,1-2H3. The van der Waals surface area contributed by atoms with Gasteiger partial charge in [0, 0.05) is 11.6 Å². The molecule has 3 rings (SSSR count). The molecule has 0 radical (unpaired) electrons. The van der Waals surface area contributed by atoms with E-state index in [2.05, 4.69) is 55.2 Å². The number of nitrogens with zero attached hydrogens (tertiary/aromatic N) is 1. The molecule has 2 heteroatoms. The zero-order valence-corrected chi connectivity index (χ0v) is 11.8. The molecule has 0 aliphatic rings. The van der Waals surface area contributed by atoms with Crippen molar-refractivity contribution in [3.05, 3.63) is 71.4 Å². The molecule has 0 fully saturated rings. The van der Waals surface area contributed by atoms with Crippen LogP contribution in [0.1, 0.15) is 16.7 Å². The van der Waals surface area contributed by atoms with Gasteiger partial charge in [0.25, 0.3) is 0 Å². The number of hydrogen-bond acceptors (Lipinski definition) is 2. The fourth-order valence-corrected chi connectivity index (χ4v) is 2.40. The Hall–Kier alpha value is -2.35. The Bertz CT molecular complexity index is 729. The highest BCUT2D eigenvalue weighted by molar-refractivity contribution is 5.78. The van der Waals surface area contributed by atoms with Gasteiger partial charge in [-0.3, -0.25) is 4.98 Å². The second-order valence-electron chi connectivity index (χ2n) is 5.14. The van der Waals surface area contributed by atoms with Crippen molar-refractivity contribution in [1.29, 1.82) is 0 Å². The van der Waals surface area contributed by atoms with E-state index in [0.717, 1.165) is 22.2 Å². The predicted molar refractivity (Wildman–Crippen MR) is 82.0 cm³/mol. The van der Waals surface area contributed by atoms with Gasteiger partial charge in [0.05, 0.1) is 5.52 Å². The number of aromatic nitrogens is 1. The average Bonchev–Trinajstić information content (AvgIpc) is 2.44. The topological polar surface area (TPSA) is 22.1 Å². The number of fused-ring (bicyclic) bond motifs is 1. The lowest BCUT2D eigenvalue weighted by molar-refractivity contribution is 0.306. The van der Waals surface area contributed by atoms with E-state index in [0.29, 0.717) is 6.61 Å². The van der Waals surface area contributed by atoms with Crippen LogP contribution in [0.25, 0.3) is 10.9 Å². The molecule has 0 amide bonds. The van der Waals surface area contributed by atoms with Crippen LogP contribution in [-0.2, 0) is 6.61 Å². The molecule has 0 saturated heterocycles. The Balaban J connectivity index is 1.79. The lowest BCUT2D eigenvalue weighted by atomic mass is 10.1. The van der Waals surface area contributed by atoms with E-state index in [1.54, 1.807) is 0 Å². The quantitative estimate of drug-likeness (QED) is 0.697. The zero-order valence-electron chi connectivity index (χ0n) is 11.8. The molecule has 1 heterocycles. The van der Waals surface area contributed by atoms with Crippen LogP contribution in [0.5, 0.6) is 5.75 Å². The highest BCUT2D eigenvalue weighted by Gasteiger charge is 2.00. The molecule has 0 N–H and O–H groups in total. The van der Waals surface area contributed by atoms with Crippen LogP contribution in [0.2, 0.25) is 0 Å². The van der Waals surface area contributed by atoms with Gasteiger partial charge in [-0.1, -0.05) is 18.2 Å². The SMILES string of the molecule is Cc1cc(C)cc(OCc2ccc3ncccc3c2)c1. The van der Waals surface area contributed by atoms with Crippen LogP contribution in [0, 0.1) is 13.8 Å². The van der Waals surface area contributed by atoms with Gasteiger partial charge in [0.1, 0.15) is 12.4 Å². The smallest absolute Gasteiger partial charge is 0.120 e. The molecule has 100 valence electrons. The summed E-state index contributed by atoms with van der Waals surface area (Å²) in [6.07, 6.45) is 1.81. The van der Waals surface area contributed by atoms with Crippen LogP contribution >= 0.6 is 0 Å². The van der Waals surface area contributed by atoms with E-state index in [-0.39, 0.29) is 0 Å². The van der Waals surface area contributed by atoms with Crippen LogP contribution in [-0.4, -0.2) is 4.98 Å². The molecular weight excluding hydrogens is 246 g/mol. The fourth-order valence-electron chi connectivity index (χ4n) is 2.40. The number of hydrogen-bond donors (Lipinski definition) is 0. The molecule has 0 saturated carbocycles. The van der Waals surface area contributed by atoms with E-state index >= 15 is 0 Å². The van der Waals surface area contributed by atoms with Crippen LogP contribution in [0.4, 0.5) is 0 Å². The summed E-state index contributed by atoms with van der Waals surface area (Å²) in [6, 6.07) is 16.5. The molecule has 0 unspecified atom stereocenters. The zero-order chi connectivity index (χ0) is 13.9. The van der Waals surface area contributed by atoms with E-state index in [1.165, 1.54) is 11.1 Å². The van der Waals surface area contributed by atoms with Crippen molar-refractivity contribution < 1.29 is 4.74 Å². The second-order valence-corrected chi connectivity index (χ2v) is 5.14. The molecular formula is C18H17NO. The summed E-state index contributed by atoms with van der Waals surface area (Å²) in [6.45, 7) is 4.75. The number of pyridine rings is 1. The highest BCUT2D eigenvalue weighted by Crippen LogP contribution is 2.19.